The van der Waals surface area contributed by atoms with Crippen molar-refractivity contribution in [2.45, 2.75) is 116 Å². The van der Waals surface area contributed by atoms with E-state index in [9.17, 15) is 59.1 Å². The van der Waals surface area contributed by atoms with Crippen molar-refractivity contribution in [1.82, 2.24) is 0 Å². The van der Waals surface area contributed by atoms with E-state index in [1.54, 1.807) is 72.8 Å². The first-order valence-corrected chi connectivity index (χ1v) is 40.9. The highest BCUT2D eigenvalue weighted by molar-refractivity contribution is 6.12. The van der Waals surface area contributed by atoms with Crippen molar-refractivity contribution in [3.05, 3.63) is 441 Å². The van der Waals surface area contributed by atoms with Gasteiger partial charge in [0.15, 0.2) is 109 Å². The summed E-state index contributed by atoms with van der Waals surface area (Å²) in [6.07, 6.45) is 34.7. The van der Waals surface area contributed by atoms with E-state index in [2.05, 4.69) is 49.2 Å². The van der Waals surface area contributed by atoms with Crippen LogP contribution in [0.3, 0.4) is 0 Å². The number of hydrogen-bond acceptors (Lipinski definition) is 12. The quantitative estimate of drug-likeness (QED) is 0.00887. The molecule has 0 atom stereocenters. The number of carbonyl (C=O) groups excluding carboxylic acids is 6. The topological polar surface area (TPSA) is 255 Å². The zero-order valence-corrected chi connectivity index (χ0v) is 67.6. The number of benzene rings is 7. The average molecular weight is 1630 g/mol. The number of carbonyl (C=O) groups is 6. The molecule has 13 aromatic rings. The molecule has 0 amide bonds. The highest BCUT2D eigenvalue weighted by Crippen LogP contribution is 2.22. The highest BCUT2D eigenvalue weighted by atomic mass is 16.6. The van der Waals surface area contributed by atoms with Crippen LogP contribution in [0.25, 0.3) is 0 Å². The second-order valence-corrected chi connectivity index (χ2v) is 29.9. The number of nitro benzene ring substituents is 3. The van der Waals surface area contributed by atoms with Gasteiger partial charge in [0, 0.05) is 248 Å². The molecule has 6 heterocycles. The summed E-state index contributed by atoms with van der Waals surface area (Å²) in [4.78, 5) is 112. The fraction of sp³-hybridized carbons (Fsp3) is 0.176. The van der Waals surface area contributed by atoms with Crippen molar-refractivity contribution in [2.24, 2.45) is 0 Å². The molecule has 123 heavy (non-hydrogen) atoms. The largest absolute Gasteiger partial charge is 0.289 e. The Bertz CT molecular complexity index is 5590. The molecule has 0 radical (unpaired) electrons. The van der Waals surface area contributed by atoms with Crippen molar-refractivity contribution in [2.75, 3.05) is 0 Å². The summed E-state index contributed by atoms with van der Waals surface area (Å²) < 4.78 is 12.4. The van der Waals surface area contributed by atoms with Crippen molar-refractivity contribution >= 4 is 51.8 Å². The summed E-state index contributed by atoms with van der Waals surface area (Å²) >= 11 is 0. The summed E-state index contributed by atoms with van der Waals surface area (Å²) in [5.41, 5.74) is 9.88. The molecule has 0 saturated heterocycles. The second-order valence-electron chi connectivity index (χ2n) is 29.9. The van der Waals surface area contributed by atoms with Crippen LogP contribution in [0.5, 0.6) is 0 Å². The molecule has 0 aliphatic carbocycles. The van der Waals surface area contributed by atoms with Gasteiger partial charge in [-0.15, -0.1) is 0 Å². The standard InChI is InChI=1S/C102H87N9O12/c112-97(88-43-61-103(62-44-88)55-7-1-4-10-58-106-67-49-91(50-68-106)100(115)85-31-37-94(38-32-85)109(118)119)82-25-19-76(20-26-82)13-16-79-73-80(17-14-77-21-27-83(28-22-77)98(113)89-45-63-104(64-46-89)56-8-2-5-11-59-107-69-51-92(52-70-107)101(116)86-33-39-95(40-34-86)110(120)121)75-81(74-79)18-15-78-23-29-84(30-24-78)99(114)90-47-65-105(66-48-90)57-9-3-6-12-60-108-71-53-93(54-72-108)102(117)87-35-41-96(42-36-87)111(122)123/h19-54,61-75H,1-12,55-60H2/q+6. The molecule has 0 N–H and O–H groups in total. The molecule has 0 unspecified atom stereocenters. The molecule has 606 valence electrons. The van der Waals surface area contributed by atoms with Crippen molar-refractivity contribution in [3.63, 3.8) is 0 Å². The van der Waals surface area contributed by atoms with Crippen LogP contribution in [0.4, 0.5) is 17.1 Å². The maximum absolute atomic E-state index is 13.8. The zero-order valence-electron chi connectivity index (χ0n) is 67.6. The molecule has 21 nitrogen and oxygen atoms in total. The summed E-state index contributed by atoms with van der Waals surface area (Å²) in [6.45, 7) is 4.81. The maximum Gasteiger partial charge on any atom is 0.269 e. The molecule has 21 heteroatoms. The molecule has 13 rings (SSSR count). The van der Waals surface area contributed by atoms with Crippen LogP contribution in [0.15, 0.2) is 311 Å². The third kappa shape index (κ3) is 24.3. The van der Waals surface area contributed by atoms with Crippen molar-refractivity contribution in [3.8, 4) is 35.5 Å². The fourth-order valence-electron chi connectivity index (χ4n) is 14.0. The van der Waals surface area contributed by atoms with E-state index in [1.165, 1.54) is 72.8 Å². The lowest BCUT2D eigenvalue weighted by molar-refractivity contribution is -0.698. The molecule has 0 spiro atoms. The van der Waals surface area contributed by atoms with Gasteiger partial charge in [-0.25, -0.2) is 27.4 Å². The molecule has 7 aromatic carbocycles. The van der Waals surface area contributed by atoms with Gasteiger partial charge in [0.25, 0.3) is 17.1 Å². The highest BCUT2D eigenvalue weighted by Gasteiger charge is 2.21. The predicted octanol–water partition coefficient (Wildman–Crippen LogP) is 15.5. The third-order valence-electron chi connectivity index (χ3n) is 21.1. The summed E-state index contributed by atoms with van der Waals surface area (Å²) in [5.74, 6) is 18.8. The van der Waals surface area contributed by atoms with Gasteiger partial charge in [0.05, 0.1) is 14.8 Å². The van der Waals surface area contributed by atoms with Gasteiger partial charge in [-0.1, -0.05) is 35.5 Å². The van der Waals surface area contributed by atoms with Crippen LogP contribution in [-0.2, 0) is 39.3 Å². The zero-order chi connectivity index (χ0) is 85.8. The molecule has 6 aromatic heterocycles. The summed E-state index contributed by atoms with van der Waals surface area (Å²) in [7, 11) is 0. The molecule has 0 saturated carbocycles. The first-order valence-electron chi connectivity index (χ1n) is 40.9. The first-order chi connectivity index (χ1) is 59.9. The van der Waals surface area contributed by atoms with E-state index in [0.717, 1.165) is 116 Å². The van der Waals surface area contributed by atoms with Gasteiger partial charge in [-0.05, 0) is 166 Å². The van der Waals surface area contributed by atoms with Gasteiger partial charge in [-0.2, -0.15) is 0 Å². The number of rotatable bonds is 36. The fourth-order valence-corrected chi connectivity index (χ4v) is 14.0. The molecular weight excluding hydrogens is 1540 g/mol. The SMILES string of the molecule is O=C(c1ccc(C#Cc2cc(C#Cc3ccc(C(=O)c4cc[n+](CCCCCC[n+]5ccc(C(=O)c6ccc([N+](=O)[O-])cc6)cc5)cc4)cc3)cc(C#Cc3ccc(C(=O)c4cc[n+](CCCCCC[n+]5ccc(C(=O)c6ccc([N+](=O)[O-])cc6)cc5)cc4)cc3)c2)cc1)c1cc[n+](CCCCCC[n+]2ccc(C(=O)c3ccc([N+](=O)[O-])cc3)cc2)cc1. The van der Waals surface area contributed by atoms with Gasteiger partial charge in [-0.3, -0.25) is 59.1 Å². The van der Waals surface area contributed by atoms with E-state index in [0.29, 0.717) is 100 Å². The predicted molar refractivity (Wildman–Crippen MR) is 459 cm³/mol. The van der Waals surface area contributed by atoms with E-state index in [-0.39, 0.29) is 51.8 Å². The number of pyridine rings is 6. The Morgan fingerprint density at radius 3 is 0.488 bits per heavy atom. The Morgan fingerprint density at radius 1 is 0.195 bits per heavy atom. The van der Waals surface area contributed by atoms with Crippen molar-refractivity contribution < 1.29 is 70.9 Å². The first kappa shape index (κ1) is 85.2. The van der Waals surface area contributed by atoms with E-state index in [1.807, 2.05) is 179 Å². The Kier molecular flexibility index (Phi) is 29.2. The van der Waals surface area contributed by atoms with Crippen LogP contribution < -0.4 is 27.4 Å². The van der Waals surface area contributed by atoms with Crippen LogP contribution >= 0.6 is 0 Å². The summed E-state index contributed by atoms with van der Waals surface area (Å²) in [5, 5.41) is 33.1. The van der Waals surface area contributed by atoms with Gasteiger partial charge < -0.3 is 0 Å². The lowest BCUT2D eigenvalue weighted by Crippen LogP contribution is -2.33. The number of nitrogens with zero attached hydrogens (tertiary/aromatic N) is 9. The number of non-ortho nitro benzene ring substituents is 3. The summed E-state index contributed by atoms with van der Waals surface area (Å²) in [6, 6.07) is 65.8. The number of aryl methyl sites for hydroxylation is 6. The van der Waals surface area contributed by atoms with E-state index in [4.69, 9.17) is 0 Å². The maximum atomic E-state index is 13.8. The Labute approximate surface area is 712 Å². The number of unbranched alkanes of at least 4 members (excludes halogenated alkanes) is 9. The Balaban J connectivity index is 0.596. The normalized spacial score (nSPS) is 10.7. The third-order valence-corrected chi connectivity index (χ3v) is 21.1. The average Bonchev–Trinajstić information content (AvgIpc) is 0.885. The van der Waals surface area contributed by atoms with E-state index >= 15 is 0 Å². The Morgan fingerprint density at radius 2 is 0.333 bits per heavy atom. The van der Waals surface area contributed by atoms with Crippen LogP contribution in [0, 0.1) is 65.9 Å². The number of ketones is 6. The monoisotopic (exact) mass is 1630 g/mol. The Hall–Kier alpha value is -15.7. The smallest absolute Gasteiger partial charge is 0.269 e. The number of hydrogen-bond donors (Lipinski definition) is 0. The molecular formula is C102H87N9O12+6. The second kappa shape index (κ2) is 42.1. The van der Waals surface area contributed by atoms with Gasteiger partial charge in [0.1, 0.15) is 39.3 Å². The van der Waals surface area contributed by atoms with Crippen LogP contribution in [-0.4, -0.2) is 49.5 Å². The molecule has 0 aliphatic heterocycles. The number of nitro groups is 3. The lowest BCUT2D eigenvalue weighted by Gasteiger charge is -2.03. The van der Waals surface area contributed by atoms with Crippen molar-refractivity contribution in [1.29, 1.82) is 0 Å². The molecule has 0 aliphatic rings. The molecule has 0 bridgehead atoms. The minimum atomic E-state index is -0.492. The minimum Gasteiger partial charge on any atom is -0.289 e. The minimum absolute atomic E-state index is 0.0643. The van der Waals surface area contributed by atoms with Gasteiger partial charge in [0.2, 0.25) is 0 Å². The van der Waals surface area contributed by atoms with E-state index < -0.39 is 14.8 Å². The lowest BCUT2D eigenvalue weighted by atomic mass is 10.0. The number of aromatic nitrogens is 6. The van der Waals surface area contributed by atoms with Gasteiger partial charge >= 0.3 is 0 Å². The van der Waals surface area contributed by atoms with Crippen LogP contribution in [0.2, 0.25) is 0 Å². The van der Waals surface area contributed by atoms with Crippen LogP contribution in [0.1, 0.15) is 206 Å². The molecule has 0 fully saturated rings.